The van der Waals surface area contributed by atoms with E-state index in [1.807, 2.05) is 61.5 Å². The number of halogens is 1. The largest absolute Gasteiger partial charge is 0.481 e. The second-order valence-electron chi connectivity index (χ2n) is 9.86. The Hall–Kier alpha value is -4.03. The van der Waals surface area contributed by atoms with Gasteiger partial charge in [-0.1, -0.05) is 67.6 Å². The highest BCUT2D eigenvalue weighted by molar-refractivity contribution is 5.81. The van der Waals surface area contributed by atoms with Crippen LogP contribution < -0.4 is 10.1 Å². The number of ether oxygens (including phenoxy) is 1. The van der Waals surface area contributed by atoms with Crippen molar-refractivity contribution in [1.82, 2.24) is 15.2 Å². The molecule has 1 aromatic heterocycles. The van der Waals surface area contributed by atoms with Crippen LogP contribution in [0, 0.1) is 5.82 Å². The van der Waals surface area contributed by atoms with Crippen LogP contribution in [0.1, 0.15) is 47.3 Å². The zero-order valence-electron chi connectivity index (χ0n) is 22.2. The van der Waals surface area contributed by atoms with E-state index in [4.69, 9.17) is 4.74 Å². The molecule has 0 fully saturated rings. The summed E-state index contributed by atoms with van der Waals surface area (Å²) < 4.78 is 20.8. The van der Waals surface area contributed by atoms with Crippen molar-refractivity contribution >= 4 is 5.91 Å². The van der Waals surface area contributed by atoms with E-state index in [9.17, 15) is 9.18 Å². The molecule has 39 heavy (non-hydrogen) atoms. The molecule has 2 atom stereocenters. The topological polar surface area (TPSA) is 54.5 Å². The maximum Gasteiger partial charge on any atom is 0.261 e. The Balaban J connectivity index is 1.35. The standard InChI is InChI=1S/C33H34FN3O2/c1-2-31(33(38)36-20-17-27-13-8-9-19-35-27)39-28-16-15-24-18-21-37(23-26-12-6-7-14-30(26)34)32(29(24)22-28)25-10-4-3-5-11-25/h3-16,19,22,31-32H,2,17-18,20-21,23H2,1H3,(H,36,38). The van der Waals surface area contributed by atoms with E-state index in [2.05, 4.69) is 39.5 Å². The molecule has 2 heterocycles. The molecule has 2 unspecified atom stereocenters. The summed E-state index contributed by atoms with van der Waals surface area (Å²) in [6.45, 7) is 3.77. The number of nitrogens with one attached hydrogen (secondary N) is 1. The lowest BCUT2D eigenvalue weighted by Gasteiger charge is -2.38. The van der Waals surface area contributed by atoms with Crippen molar-refractivity contribution in [3.63, 3.8) is 0 Å². The summed E-state index contributed by atoms with van der Waals surface area (Å²) in [5.74, 6) is 0.341. The maximum absolute atomic E-state index is 14.6. The molecule has 4 aromatic rings. The normalized spacial score (nSPS) is 15.8. The fraction of sp³-hybridized carbons (Fsp3) is 0.273. The van der Waals surface area contributed by atoms with Crippen LogP contribution in [0.3, 0.4) is 0 Å². The lowest BCUT2D eigenvalue weighted by Crippen LogP contribution is -2.39. The molecule has 0 saturated carbocycles. The van der Waals surface area contributed by atoms with E-state index >= 15 is 0 Å². The number of benzene rings is 3. The molecule has 0 bridgehead atoms. The third kappa shape index (κ3) is 6.52. The van der Waals surface area contributed by atoms with E-state index in [1.165, 1.54) is 11.6 Å². The molecular weight excluding hydrogens is 489 g/mol. The van der Waals surface area contributed by atoms with Gasteiger partial charge in [-0.3, -0.25) is 14.7 Å². The summed E-state index contributed by atoms with van der Waals surface area (Å²) in [4.78, 5) is 19.6. The van der Waals surface area contributed by atoms with Gasteiger partial charge >= 0.3 is 0 Å². The van der Waals surface area contributed by atoms with Gasteiger partial charge < -0.3 is 10.1 Å². The molecule has 1 amide bonds. The minimum Gasteiger partial charge on any atom is -0.481 e. The molecule has 0 saturated heterocycles. The molecule has 6 heteroatoms. The van der Waals surface area contributed by atoms with Crippen molar-refractivity contribution in [1.29, 1.82) is 0 Å². The van der Waals surface area contributed by atoms with Gasteiger partial charge in [0.05, 0.1) is 6.04 Å². The van der Waals surface area contributed by atoms with Gasteiger partial charge in [0, 0.05) is 43.5 Å². The Morgan fingerprint density at radius 3 is 2.62 bits per heavy atom. The molecular formula is C33H34FN3O2. The summed E-state index contributed by atoms with van der Waals surface area (Å²) in [5.41, 5.74) is 5.14. The van der Waals surface area contributed by atoms with Gasteiger partial charge in [-0.05, 0) is 59.9 Å². The molecule has 5 nitrogen and oxygen atoms in total. The number of hydrogen-bond acceptors (Lipinski definition) is 4. The fourth-order valence-corrected chi connectivity index (χ4v) is 5.22. The number of carbonyl (C=O) groups is 1. The van der Waals surface area contributed by atoms with Gasteiger partial charge in [0.1, 0.15) is 11.6 Å². The summed E-state index contributed by atoms with van der Waals surface area (Å²) >= 11 is 0. The third-order valence-corrected chi connectivity index (χ3v) is 7.24. The predicted molar refractivity (Wildman–Crippen MR) is 151 cm³/mol. The first kappa shape index (κ1) is 26.6. The van der Waals surface area contributed by atoms with Gasteiger partial charge in [0.25, 0.3) is 5.91 Å². The molecule has 1 aliphatic rings. The number of rotatable bonds is 10. The Bertz CT molecular complexity index is 1380. The molecule has 200 valence electrons. The molecule has 1 aliphatic heterocycles. The van der Waals surface area contributed by atoms with Crippen molar-refractivity contribution < 1.29 is 13.9 Å². The van der Waals surface area contributed by atoms with Crippen LogP contribution in [-0.4, -0.2) is 35.0 Å². The number of fused-ring (bicyclic) bond motifs is 1. The van der Waals surface area contributed by atoms with E-state index in [-0.39, 0.29) is 17.8 Å². The van der Waals surface area contributed by atoms with Gasteiger partial charge in [0.15, 0.2) is 6.10 Å². The van der Waals surface area contributed by atoms with Gasteiger partial charge in [-0.2, -0.15) is 0 Å². The zero-order valence-corrected chi connectivity index (χ0v) is 22.2. The van der Waals surface area contributed by atoms with Crippen molar-refractivity contribution in [3.8, 4) is 5.75 Å². The average molecular weight is 524 g/mol. The fourth-order valence-electron chi connectivity index (χ4n) is 5.22. The van der Waals surface area contributed by atoms with E-state index < -0.39 is 6.10 Å². The first-order chi connectivity index (χ1) is 19.1. The monoisotopic (exact) mass is 523 g/mol. The maximum atomic E-state index is 14.6. The molecule has 5 rings (SSSR count). The van der Waals surface area contributed by atoms with Crippen LogP contribution in [-0.2, 0) is 24.2 Å². The molecule has 3 aromatic carbocycles. The van der Waals surface area contributed by atoms with Crippen molar-refractivity contribution in [3.05, 3.63) is 131 Å². The minimum atomic E-state index is -0.597. The minimum absolute atomic E-state index is 0.0506. The second kappa shape index (κ2) is 12.7. The summed E-state index contributed by atoms with van der Waals surface area (Å²) in [5, 5.41) is 2.99. The van der Waals surface area contributed by atoms with Crippen LogP contribution in [0.5, 0.6) is 5.75 Å². The van der Waals surface area contributed by atoms with Gasteiger partial charge in [0.2, 0.25) is 0 Å². The van der Waals surface area contributed by atoms with Crippen LogP contribution >= 0.6 is 0 Å². The number of nitrogens with zero attached hydrogens (tertiary/aromatic N) is 2. The lowest BCUT2D eigenvalue weighted by molar-refractivity contribution is -0.128. The summed E-state index contributed by atoms with van der Waals surface area (Å²) in [7, 11) is 0. The highest BCUT2D eigenvalue weighted by atomic mass is 19.1. The van der Waals surface area contributed by atoms with Gasteiger partial charge in [-0.15, -0.1) is 0 Å². The summed E-state index contributed by atoms with van der Waals surface area (Å²) in [6, 6.07) is 29.1. The lowest BCUT2D eigenvalue weighted by atomic mass is 9.87. The average Bonchev–Trinajstić information content (AvgIpc) is 2.97. The number of pyridine rings is 1. The summed E-state index contributed by atoms with van der Waals surface area (Å²) in [6.07, 6.45) is 3.23. The van der Waals surface area contributed by atoms with Gasteiger partial charge in [-0.25, -0.2) is 4.39 Å². The van der Waals surface area contributed by atoms with E-state index in [1.54, 1.807) is 12.3 Å². The van der Waals surface area contributed by atoms with Crippen LogP contribution in [0.15, 0.2) is 97.2 Å². The smallest absolute Gasteiger partial charge is 0.261 e. The third-order valence-electron chi connectivity index (χ3n) is 7.24. The Labute approximate surface area is 229 Å². The number of amides is 1. The molecule has 0 radical (unpaired) electrons. The van der Waals surface area contributed by atoms with Crippen molar-refractivity contribution in [2.75, 3.05) is 13.1 Å². The van der Waals surface area contributed by atoms with E-state index in [0.29, 0.717) is 37.2 Å². The number of carbonyl (C=O) groups excluding carboxylic acids is 1. The molecule has 0 spiro atoms. The Kier molecular flexibility index (Phi) is 8.64. The molecule has 0 aliphatic carbocycles. The highest BCUT2D eigenvalue weighted by Gasteiger charge is 2.30. The van der Waals surface area contributed by atoms with Crippen molar-refractivity contribution in [2.24, 2.45) is 0 Å². The second-order valence-corrected chi connectivity index (χ2v) is 9.86. The zero-order chi connectivity index (χ0) is 27.0. The number of hydrogen-bond donors (Lipinski definition) is 1. The predicted octanol–water partition coefficient (Wildman–Crippen LogP) is 5.88. The quantitative estimate of drug-likeness (QED) is 0.282. The highest BCUT2D eigenvalue weighted by Crippen LogP contribution is 2.38. The Morgan fingerprint density at radius 1 is 1.05 bits per heavy atom. The molecule has 1 N–H and O–H groups in total. The van der Waals surface area contributed by atoms with Crippen LogP contribution in [0.2, 0.25) is 0 Å². The van der Waals surface area contributed by atoms with Crippen LogP contribution in [0.25, 0.3) is 0 Å². The van der Waals surface area contributed by atoms with Crippen LogP contribution in [0.4, 0.5) is 4.39 Å². The van der Waals surface area contributed by atoms with E-state index in [0.717, 1.165) is 29.8 Å². The number of aromatic nitrogens is 1. The SMILES string of the molecule is CCC(Oc1ccc2c(c1)C(c1ccccc1)N(Cc1ccccc1F)CC2)C(=O)NCCc1ccccn1. The van der Waals surface area contributed by atoms with Crippen molar-refractivity contribution in [2.45, 2.75) is 44.9 Å². The first-order valence-corrected chi connectivity index (χ1v) is 13.6. The Morgan fingerprint density at radius 2 is 1.85 bits per heavy atom. The first-order valence-electron chi connectivity index (χ1n) is 13.6.